The van der Waals surface area contributed by atoms with Crippen molar-refractivity contribution in [2.75, 3.05) is 19.8 Å². The van der Waals surface area contributed by atoms with Crippen LogP contribution in [0.2, 0.25) is 0 Å². The highest BCUT2D eigenvalue weighted by molar-refractivity contribution is 7.89. The van der Waals surface area contributed by atoms with E-state index in [1.165, 1.54) is 30.3 Å². The Bertz CT molecular complexity index is 1010. The van der Waals surface area contributed by atoms with Crippen molar-refractivity contribution in [3.8, 4) is 5.75 Å². The van der Waals surface area contributed by atoms with Gasteiger partial charge in [-0.15, -0.1) is 0 Å². The molecule has 0 spiro atoms. The molecule has 1 aliphatic rings. The molecule has 3 rings (SSSR count). The zero-order valence-electron chi connectivity index (χ0n) is 16.9. The number of benzene rings is 2. The van der Waals surface area contributed by atoms with E-state index < -0.39 is 33.6 Å². The third kappa shape index (κ3) is 6.46. The maximum atomic E-state index is 13.6. The molecule has 168 valence electrons. The third-order valence-electron chi connectivity index (χ3n) is 4.71. The van der Waals surface area contributed by atoms with Crippen molar-refractivity contribution in [3.63, 3.8) is 0 Å². The average Bonchev–Trinajstić information content (AvgIpc) is 3.25. The second kappa shape index (κ2) is 10.2. The molecule has 31 heavy (non-hydrogen) atoms. The molecule has 7 nitrogen and oxygen atoms in total. The van der Waals surface area contributed by atoms with Gasteiger partial charge in [0.05, 0.1) is 17.0 Å². The topological polar surface area (TPSA) is 93.7 Å². The number of rotatable bonds is 9. The van der Waals surface area contributed by atoms with Gasteiger partial charge in [0.25, 0.3) is 5.91 Å². The van der Waals surface area contributed by atoms with Gasteiger partial charge < -0.3 is 14.8 Å². The molecule has 0 aromatic heterocycles. The minimum Gasteiger partial charge on any atom is -0.488 e. The van der Waals surface area contributed by atoms with E-state index in [-0.39, 0.29) is 35.5 Å². The molecule has 1 aliphatic heterocycles. The fourth-order valence-electron chi connectivity index (χ4n) is 3.03. The van der Waals surface area contributed by atoms with E-state index in [9.17, 15) is 22.0 Å². The lowest BCUT2D eigenvalue weighted by Crippen LogP contribution is -2.37. The fourth-order valence-corrected chi connectivity index (χ4v) is 4.10. The number of amides is 1. The van der Waals surface area contributed by atoms with E-state index in [1.54, 1.807) is 6.92 Å². The second-order valence-electron chi connectivity index (χ2n) is 7.27. The van der Waals surface area contributed by atoms with E-state index >= 15 is 0 Å². The molecule has 10 heteroatoms. The Kier molecular flexibility index (Phi) is 7.58. The molecule has 1 heterocycles. The van der Waals surface area contributed by atoms with Gasteiger partial charge in [0, 0.05) is 24.8 Å². The SMILES string of the molecule is CC(COc1ccc(F)cc1F)NC(=O)c1ccc(S(=O)(=O)NCC2CCCO2)cc1. The van der Waals surface area contributed by atoms with Crippen molar-refractivity contribution in [1.82, 2.24) is 10.0 Å². The minimum absolute atomic E-state index is 0.0338. The molecular formula is C21H24F2N2O5S. The summed E-state index contributed by atoms with van der Waals surface area (Å²) in [4.78, 5) is 12.4. The van der Waals surface area contributed by atoms with Crippen LogP contribution in [0.25, 0.3) is 0 Å². The van der Waals surface area contributed by atoms with Crippen LogP contribution in [0.1, 0.15) is 30.1 Å². The van der Waals surface area contributed by atoms with Crippen molar-refractivity contribution in [2.24, 2.45) is 0 Å². The standard InChI is InChI=1S/C21H24F2N2O5S/c1-14(13-30-20-9-6-16(22)11-19(20)23)25-21(26)15-4-7-18(8-5-15)31(27,28)24-12-17-3-2-10-29-17/h4-9,11,14,17,24H,2-3,10,12-13H2,1H3,(H,25,26). The number of nitrogens with one attached hydrogen (secondary N) is 2. The first-order chi connectivity index (χ1) is 14.7. The molecule has 0 saturated carbocycles. The first-order valence-corrected chi connectivity index (χ1v) is 11.3. The summed E-state index contributed by atoms with van der Waals surface area (Å²) < 4.78 is 64.5. The van der Waals surface area contributed by atoms with Crippen LogP contribution in [0, 0.1) is 11.6 Å². The largest absolute Gasteiger partial charge is 0.488 e. The maximum Gasteiger partial charge on any atom is 0.251 e. The Hall–Kier alpha value is -2.56. The maximum absolute atomic E-state index is 13.6. The van der Waals surface area contributed by atoms with Crippen LogP contribution in [0.4, 0.5) is 8.78 Å². The van der Waals surface area contributed by atoms with Gasteiger partial charge in [0.15, 0.2) is 11.6 Å². The molecule has 2 aromatic carbocycles. The van der Waals surface area contributed by atoms with Crippen LogP contribution in [0.5, 0.6) is 5.75 Å². The van der Waals surface area contributed by atoms with E-state index in [1.807, 2.05) is 0 Å². The van der Waals surface area contributed by atoms with Gasteiger partial charge in [0.2, 0.25) is 10.0 Å². The quantitative estimate of drug-likeness (QED) is 0.608. The zero-order valence-corrected chi connectivity index (χ0v) is 17.8. The molecule has 0 bridgehead atoms. The van der Waals surface area contributed by atoms with Gasteiger partial charge in [-0.2, -0.15) is 0 Å². The highest BCUT2D eigenvalue weighted by Gasteiger charge is 2.21. The molecule has 2 aromatic rings. The van der Waals surface area contributed by atoms with E-state index in [0.29, 0.717) is 12.7 Å². The smallest absolute Gasteiger partial charge is 0.251 e. The van der Waals surface area contributed by atoms with Gasteiger partial charge in [-0.05, 0) is 56.2 Å². The Morgan fingerprint density at radius 3 is 2.61 bits per heavy atom. The molecule has 2 unspecified atom stereocenters. The number of ether oxygens (including phenoxy) is 2. The van der Waals surface area contributed by atoms with Crippen molar-refractivity contribution in [2.45, 2.75) is 36.8 Å². The molecule has 0 radical (unpaired) electrons. The zero-order chi connectivity index (χ0) is 22.4. The number of carbonyl (C=O) groups is 1. The Morgan fingerprint density at radius 1 is 1.23 bits per heavy atom. The average molecular weight is 454 g/mol. The number of hydrogen-bond donors (Lipinski definition) is 2. The fraction of sp³-hybridized carbons (Fsp3) is 0.381. The summed E-state index contributed by atoms with van der Waals surface area (Å²) in [6.45, 7) is 2.47. The summed E-state index contributed by atoms with van der Waals surface area (Å²) in [7, 11) is -3.70. The molecule has 1 fully saturated rings. The summed E-state index contributed by atoms with van der Waals surface area (Å²) in [5.74, 6) is -2.10. The van der Waals surface area contributed by atoms with Crippen LogP contribution >= 0.6 is 0 Å². The highest BCUT2D eigenvalue weighted by Crippen LogP contribution is 2.18. The third-order valence-corrected chi connectivity index (χ3v) is 6.15. The van der Waals surface area contributed by atoms with Crippen molar-refractivity contribution >= 4 is 15.9 Å². The lowest BCUT2D eigenvalue weighted by molar-refractivity contribution is 0.0926. The lowest BCUT2D eigenvalue weighted by atomic mass is 10.2. The number of sulfonamides is 1. The van der Waals surface area contributed by atoms with Gasteiger partial charge in [-0.1, -0.05) is 0 Å². The molecule has 1 amide bonds. The van der Waals surface area contributed by atoms with E-state index in [2.05, 4.69) is 10.0 Å². The monoisotopic (exact) mass is 454 g/mol. The molecule has 1 saturated heterocycles. The van der Waals surface area contributed by atoms with Crippen molar-refractivity contribution in [1.29, 1.82) is 0 Å². The van der Waals surface area contributed by atoms with Crippen LogP contribution < -0.4 is 14.8 Å². The van der Waals surface area contributed by atoms with Crippen LogP contribution in [0.3, 0.4) is 0 Å². The predicted octanol–water partition coefficient (Wildman–Crippen LogP) is 2.62. The molecule has 2 N–H and O–H groups in total. The Labute approximate surface area is 179 Å². The highest BCUT2D eigenvalue weighted by atomic mass is 32.2. The summed E-state index contributed by atoms with van der Waals surface area (Å²) in [6.07, 6.45) is 1.61. The predicted molar refractivity (Wildman–Crippen MR) is 109 cm³/mol. The summed E-state index contributed by atoms with van der Waals surface area (Å²) in [6, 6.07) is 7.99. The van der Waals surface area contributed by atoms with Crippen molar-refractivity contribution in [3.05, 3.63) is 59.7 Å². The number of halogens is 2. The van der Waals surface area contributed by atoms with Crippen LogP contribution in [0.15, 0.2) is 47.4 Å². The van der Waals surface area contributed by atoms with Crippen LogP contribution in [-0.4, -0.2) is 46.2 Å². The molecular weight excluding hydrogens is 430 g/mol. The van der Waals surface area contributed by atoms with Crippen LogP contribution in [-0.2, 0) is 14.8 Å². The normalized spacial score (nSPS) is 17.3. The Balaban J connectivity index is 1.51. The summed E-state index contributed by atoms with van der Waals surface area (Å²) in [5, 5.41) is 2.68. The first-order valence-electron chi connectivity index (χ1n) is 9.84. The van der Waals surface area contributed by atoms with Gasteiger partial charge in [-0.25, -0.2) is 21.9 Å². The van der Waals surface area contributed by atoms with Crippen molar-refractivity contribution < 1.29 is 31.5 Å². The van der Waals surface area contributed by atoms with Gasteiger partial charge >= 0.3 is 0 Å². The molecule has 2 atom stereocenters. The first kappa shape index (κ1) is 23.1. The van der Waals surface area contributed by atoms with E-state index in [4.69, 9.17) is 9.47 Å². The van der Waals surface area contributed by atoms with E-state index in [0.717, 1.165) is 18.9 Å². The molecule has 0 aliphatic carbocycles. The summed E-state index contributed by atoms with van der Waals surface area (Å²) >= 11 is 0. The minimum atomic E-state index is -3.70. The summed E-state index contributed by atoms with van der Waals surface area (Å²) in [5.41, 5.74) is 0.262. The Morgan fingerprint density at radius 2 is 1.97 bits per heavy atom. The lowest BCUT2D eigenvalue weighted by Gasteiger charge is -2.16. The number of carbonyl (C=O) groups excluding carboxylic acids is 1. The number of hydrogen-bond acceptors (Lipinski definition) is 5. The second-order valence-corrected chi connectivity index (χ2v) is 9.04. The van der Waals surface area contributed by atoms with Gasteiger partial charge in [0.1, 0.15) is 12.4 Å². The van der Waals surface area contributed by atoms with Gasteiger partial charge in [-0.3, -0.25) is 4.79 Å².